The molecule has 0 bridgehead atoms. The number of hydrogen-bond acceptors (Lipinski definition) is 5. The standard InChI is InChI=1S/C13H14F2N4O/c1-19(8-4-3-5-9(6-8)20-2)13-11(15)7-10(14)12(17-13)18-16/h3-7H,16H2,1-2H3,(H,17,18). The van der Waals surface area contributed by atoms with E-state index in [1.165, 1.54) is 12.0 Å². The monoisotopic (exact) mass is 280 g/mol. The van der Waals surface area contributed by atoms with Crippen molar-refractivity contribution in [3.8, 4) is 5.75 Å². The van der Waals surface area contributed by atoms with Crippen LogP contribution in [0.3, 0.4) is 0 Å². The molecule has 0 atom stereocenters. The molecule has 5 nitrogen and oxygen atoms in total. The van der Waals surface area contributed by atoms with Crippen LogP contribution >= 0.6 is 0 Å². The van der Waals surface area contributed by atoms with Gasteiger partial charge in [0.15, 0.2) is 23.3 Å². The molecule has 7 heteroatoms. The first-order valence-corrected chi connectivity index (χ1v) is 5.77. The van der Waals surface area contributed by atoms with Gasteiger partial charge in [-0.05, 0) is 12.1 Å². The number of anilines is 3. The molecule has 20 heavy (non-hydrogen) atoms. The van der Waals surface area contributed by atoms with Gasteiger partial charge >= 0.3 is 0 Å². The summed E-state index contributed by atoms with van der Waals surface area (Å²) in [5.74, 6) is 3.85. The summed E-state index contributed by atoms with van der Waals surface area (Å²) in [6, 6.07) is 7.71. The van der Waals surface area contributed by atoms with E-state index in [2.05, 4.69) is 10.4 Å². The predicted octanol–water partition coefficient (Wildman–Crippen LogP) is 2.42. The average Bonchev–Trinajstić information content (AvgIpc) is 2.47. The quantitative estimate of drug-likeness (QED) is 0.665. The van der Waals surface area contributed by atoms with Crippen LogP contribution in [-0.4, -0.2) is 19.1 Å². The summed E-state index contributed by atoms with van der Waals surface area (Å²) in [6.45, 7) is 0. The fourth-order valence-corrected chi connectivity index (χ4v) is 1.73. The van der Waals surface area contributed by atoms with Crippen molar-refractivity contribution in [1.29, 1.82) is 0 Å². The first kappa shape index (κ1) is 14.0. The fourth-order valence-electron chi connectivity index (χ4n) is 1.73. The summed E-state index contributed by atoms with van der Waals surface area (Å²) < 4.78 is 32.3. The average molecular weight is 280 g/mol. The molecular weight excluding hydrogens is 266 g/mol. The number of nitrogens with one attached hydrogen (secondary N) is 1. The third kappa shape index (κ3) is 2.62. The maximum Gasteiger partial charge on any atom is 0.178 e. The van der Waals surface area contributed by atoms with E-state index in [1.807, 2.05) is 0 Å². The van der Waals surface area contributed by atoms with Gasteiger partial charge in [-0.1, -0.05) is 6.07 Å². The number of nitrogens with zero attached hydrogens (tertiary/aromatic N) is 2. The molecule has 0 fully saturated rings. The lowest BCUT2D eigenvalue weighted by molar-refractivity contribution is 0.415. The number of aromatic nitrogens is 1. The topological polar surface area (TPSA) is 63.4 Å². The summed E-state index contributed by atoms with van der Waals surface area (Å²) in [6.07, 6.45) is 0. The van der Waals surface area contributed by atoms with Crippen LogP contribution in [0.4, 0.5) is 26.1 Å². The molecule has 2 rings (SSSR count). The molecule has 1 heterocycles. The van der Waals surface area contributed by atoms with E-state index >= 15 is 0 Å². The van der Waals surface area contributed by atoms with E-state index in [0.717, 1.165) is 6.07 Å². The van der Waals surface area contributed by atoms with Crippen LogP contribution in [0.15, 0.2) is 30.3 Å². The van der Waals surface area contributed by atoms with Crippen LogP contribution < -0.4 is 20.9 Å². The third-order valence-corrected chi connectivity index (χ3v) is 2.81. The van der Waals surface area contributed by atoms with Gasteiger partial charge in [0.1, 0.15) is 5.75 Å². The van der Waals surface area contributed by atoms with E-state index in [0.29, 0.717) is 11.4 Å². The Labute approximate surface area is 115 Å². The smallest absolute Gasteiger partial charge is 0.178 e. The van der Waals surface area contributed by atoms with E-state index < -0.39 is 11.6 Å². The SMILES string of the molecule is COc1cccc(N(C)c2nc(NN)c(F)cc2F)c1. The first-order valence-electron chi connectivity index (χ1n) is 5.77. The molecule has 3 N–H and O–H groups in total. The Hall–Kier alpha value is -2.41. The number of rotatable bonds is 4. The van der Waals surface area contributed by atoms with Crippen LogP contribution in [0.2, 0.25) is 0 Å². The molecule has 0 aliphatic carbocycles. The zero-order valence-corrected chi connectivity index (χ0v) is 11.0. The van der Waals surface area contributed by atoms with Gasteiger partial charge < -0.3 is 15.1 Å². The van der Waals surface area contributed by atoms with Crippen molar-refractivity contribution in [2.75, 3.05) is 24.5 Å². The van der Waals surface area contributed by atoms with Crippen molar-refractivity contribution in [1.82, 2.24) is 4.98 Å². The van der Waals surface area contributed by atoms with Gasteiger partial charge in [0, 0.05) is 24.9 Å². The van der Waals surface area contributed by atoms with Gasteiger partial charge in [0.05, 0.1) is 7.11 Å². The summed E-state index contributed by atoms with van der Waals surface area (Å²) in [7, 11) is 3.14. The van der Waals surface area contributed by atoms with E-state index in [-0.39, 0.29) is 11.6 Å². The van der Waals surface area contributed by atoms with Gasteiger partial charge in [-0.15, -0.1) is 0 Å². The number of nitrogen functional groups attached to an aromatic ring is 1. The van der Waals surface area contributed by atoms with Crippen LogP contribution in [-0.2, 0) is 0 Å². The zero-order valence-electron chi connectivity index (χ0n) is 11.0. The minimum Gasteiger partial charge on any atom is -0.497 e. The number of ether oxygens (including phenoxy) is 1. The number of nitrogens with two attached hydrogens (primary N) is 1. The lowest BCUT2D eigenvalue weighted by atomic mass is 10.2. The zero-order chi connectivity index (χ0) is 14.7. The van der Waals surface area contributed by atoms with Gasteiger partial charge in [0.25, 0.3) is 0 Å². The number of benzene rings is 1. The number of pyridine rings is 1. The van der Waals surface area contributed by atoms with Crippen LogP contribution in [0, 0.1) is 11.6 Å². The van der Waals surface area contributed by atoms with Crippen molar-refractivity contribution in [3.63, 3.8) is 0 Å². The Kier molecular flexibility index (Phi) is 3.99. The second-order valence-electron chi connectivity index (χ2n) is 4.03. The van der Waals surface area contributed by atoms with Gasteiger partial charge in [0.2, 0.25) is 0 Å². The minimum atomic E-state index is -0.854. The summed E-state index contributed by atoms with van der Waals surface area (Å²) in [5, 5.41) is 0. The van der Waals surface area contributed by atoms with E-state index in [1.54, 1.807) is 31.3 Å². The number of hydrazine groups is 1. The van der Waals surface area contributed by atoms with E-state index in [4.69, 9.17) is 10.6 Å². The summed E-state index contributed by atoms with van der Waals surface area (Å²) in [4.78, 5) is 5.29. The maximum absolute atomic E-state index is 13.8. The molecule has 106 valence electrons. The van der Waals surface area contributed by atoms with Crippen LogP contribution in [0.5, 0.6) is 5.75 Å². The Morgan fingerprint density at radius 1 is 1.25 bits per heavy atom. The Morgan fingerprint density at radius 2 is 2.00 bits per heavy atom. The largest absolute Gasteiger partial charge is 0.497 e. The molecular formula is C13H14F2N4O. The summed E-state index contributed by atoms with van der Waals surface area (Å²) >= 11 is 0. The number of methoxy groups -OCH3 is 1. The minimum absolute atomic E-state index is 0.0485. The normalized spacial score (nSPS) is 10.2. The molecule has 1 aromatic carbocycles. The Morgan fingerprint density at radius 3 is 2.65 bits per heavy atom. The fraction of sp³-hybridized carbons (Fsp3) is 0.154. The Bertz CT molecular complexity index is 621. The molecule has 0 spiro atoms. The lowest BCUT2D eigenvalue weighted by Gasteiger charge is -2.20. The van der Waals surface area contributed by atoms with Crippen molar-refractivity contribution in [3.05, 3.63) is 42.0 Å². The third-order valence-electron chi connectivity index (χ3n) is 2.81. The molecule has 0 saturated heterocycles. The number of halogens is 2. The molecule has 0 unspecified atom stereocenters. The highest BCUT2D eigenvalue weighted by atomic mass is 19.1. The predicted molar refractivity (Wildman–Crippen MR) is 73.0 cm³/mol. The lowest BCUT2D eigenvalue weighted by Crippen LogP contribution is -2.17. The molecule has 2 aromatic rings. The highest BCUT2D eigenvalue weighted by molar-refractivity contribution is 5.63. The van der Waals surface area contributed by atoms with Crippen molar-refractivity contribution in [2.45, 2.75) is 0 Å². The Balaban J connectivity index is 2.44. The molecule has 1 aromatic heterocycles. The van der Waals surface area contributed by atoms with E-state index in [9.17, 15) is 8.78 Å². The second-order valence-corrected chi connectivity index (χ2v) is 4.03. The van der Waals surface area contributed by atoms with Crippen molar-refractivity contribution in [2.24, 2.45) is 5.84 Å². The molecule has 0 aliphatic heterocycles. The maximum atomic E-state index is 13.8. The molecule has 0 amide bonds. The van der Waals surface area contributed by atoms with Gasteiger partial charge in [-0.25, -0.2) is 19.6 Å². The first-order chi connectivity index (χ1) is 9.56. The molecule has 0 radical (unpaired) electrons. The van der Waals surface area contributed by atoms with Gasteiger partial charge in [-0.3, -0.25) is 0 Å². The van der Waals surface area contributed by atoms with Gasteiger partial charge in [-0.2, -0.15) is 0 Å². The second kappa shape index (κ2) is 5.70. The molecule has 0 aliphatic rings. The number of hydrogen-bond donors (Lipinski definition) is 2. The van der Waals surface area contributed by atoms with Crippen LogP contribution in [0.25, 0.3) is 0 Å². The highest BCUT2D eigenvalue weighted by Gasteiger charge is 2.16. The van der Waals surface area contributed by atoms with Crippen molar-refractivity contribution >= 4 is 17.3 Å². The summed E-state index contributed by atoms with van der Waals surface area (Å²) in [5.41, 5.74) is 2.73. The molecule has 0 saturated carbocycles. The highest BCUT2D eigenvalue weighted by Crippen LogP contribution is 2.29. The van der Waals surface area contributed by atoms with Crippen molar-refractivity contribution < 1.29 is 13.5 Å². The van der Waals surface area contributed by atoms with Crippen LogP contribution in [0.1, 0.15) is 0 Å².